The zero-order valence-electron chi connectivity index (χ0n) is 17.7. The van der Waals surface area contributed by atoms with Gasteiger partial charge in [-0.25, -0.2) is 0 Å². The lowest BCUT2D eigenvalue weighted by Gasteiger charge is -2.39. The third-order valence-electron chi connectivity index (χ3n) is 4.99. The summed E-state index contributed by atoms with van der Waals surface area (Å²) in [6.45, 7) is 12.7. The molecule has 1 heterocycles. The fourth-order valence-corrected chi connectivity index (χ4v) is 3.17. The molecule has 2 rings (SSSR count). The van der Waals surface area contributed by atoms with Crippen molar-refractivity contribution in [2.24, 2.45) is 4.99 Å². The standard InChI is InChI=1S/C21H37N5O/c1-6-22-20(24-17-21(2,3)26-13-15-27-16-14-26)23-12-11-18-7-9-19(10-8-18)25(4)5/h7-10H,6,11-17H2,1-5H3,(H2,22,23,24). The van der Waals surface area contributed by atoms with Crippen molar-refractivity contribution in [3.63, 3.8) is 0 Å². The lowest BCUT2D eigenvalue weighted by atomic mass is 10.0. The normalized spacial score (nSPS) is 16.3. The average Bonchev–Trinajstić information content (AvgIpc) is 2.67. The van der Waals surface area contributed by atoms with E-state index in [1.165, 1.54) is 11.3 Å². The number of hydrogen-bond donors (Lipinski definition) is 2. The van der Waals surface area contributed by atoms with E-state index < -0.39 is 0 Å². The molecule has 152 valence electrons. The van der Waals surface area contributed by atoms with Crippen LogP contribution < -0.4 is 15.5 Å². The van der Waals surface area contributed by atoms with Gasteiger partial charge >= 0.3 is 0 Å². The van der Waals surface area contributed by atoms with E-state index in [0.717, 1.165) is 58.3 Å². The van der Waals surface area contributed by atoms with Crippen molar-refractivity contribution in [2.45, 2.75) is 32.7 Å². The summed E-state index contributed by atoms with van der Waals surface area (Å²) >= 11 is 0. The van der Waals surface area contributed by atoms with Crippen LogP contribution in [0.1, 0.15) is 26.3 Å². The zero-order chi connectivity index (χ0) is 19.7. The van der Waals surface area contributed by atoms with Crippen LogP contribution in [-0.2, 0) is 11.2 Å². The third-order valence-corrected chi connectivity index (χ3v) is 4.99. The Morgan fingerprint density at radius 3 is 2.41 bits per heavy atom. The molecule has 0 atom stereocenters. The number of rotatable bonds is 8. The maximum atomic E-state index is 5.47. The molecule has 1 aromatic rings. The number of nitrogens with zero attached hydrogens (tertiary/aromatic N) is 3. The lowest BCUT2D eigenvalue weighted by molar-refractivity contribution is -0.00683. The van der Waals surface area contributed by atoms with E-state index in [2.05, 4.69) is 79.6 Å². The largest absolute Gasteiger partial charge is 0.379 e. The molecule has 6 nitrogen and oxygen atoms in total. The number of benzene rings is 1. The van der Waals surface area contributed by atoms with Gasteiger partial charge in [0.2, 0.25) is 0 Å². The van der Waals surface area contributed by atoms with E-state index in [1.807, 2.05) is 0 Å². The molecular formula is C21H37N5O. The van der Waals surface area contributed by atoms with Crippen LogP contribution in [0.5, 0.6) is 0 Å². The number of ether oxygens (including phenoxy) is 1. The minimum atomic E-state index is 0.0359. The van der Waals surface area contributed by atoms with Crippen molar-refractivity contribution in [3.8, 4) is 0 Å². The topological polar surface area (TPSA) is 52.1 Å². The molecule has 1 aliphatic rings. The summed E-state index contributed by atoms with van der Waals surface area (Å²) in [7, 11) is 4.13. The molecule has 0 spiro atoms. The van der Waals surface area contributed by atoms with Gasteiger partial charge in [0.15, 0.2) is 5.96 Å². The maximum Gasteiger partial charge on any atom is 0.191 e. The summed E-state index contributed by atoms with van der Waals surface area (Å²) in [6.07, 6.45) is 0.977. The van der Waals surface area contributed by atoms with Gasteiger partial charge in [0.25, 0.3) is 0 Å². The van der Waals surface area contributed by atoms with Crippen LogP contribution in [-0.4, -0.2) is 76.4 Å². The first-order chi connectivity index (χ1) is 12.9. The minimum absolute atomic E-state index is 0.0359. The molecule has 1 saturated heterocycles. The van der Waals surface area contributed by atoms with Crippen LogP contribution in [0.25, 0.3) is 0 Å². The fraction of sp³-hybridized carbons (Fsp3) is 0.667. The number of anilines is 1. The van der Waals surface area contributed by atoms with Gasteiger partial charge in [-0.2, -0.15) is 0 Å². The first-order valence-corrected chi connectivity index (χ1v) is 10.0. The Kier molecular flexibility index (Phi) is 8.38. The minimum Gasteiger partial charge on any atom is -0.379 e. The molecule has 2 N–H and O–H groups in total. The Hall–Kier alpha value is -1.79. The molecule has 1 aliphatic heterocycles. The van der Waals surface area contributed by atoms with E-state index in [9.17, 15) is 0 Å². The molecule has 0 bridgehead atoms. The van der Waals surface area contributed by atoms with Gasteiger partial charge in [0.05, 0.1) is 19.8 Å². The molecule has 0 aliphatic carbocycles. The van der Waals surface area contributed by atoms with Crippen LogP contribution in [0, 0.1) is 0 Å². The molecule has 0 aromatic heterocycles. The molecule has 27 heavy (non-hydrogen) atoms. The van der Waals surface area contributed by atoms with Gasteiger partial charge in [-0.3, -0.25) is 9.89 Å². The Balaban J connectivity index is 1.85. The summed E-state index contributed by atoms with van der Waals surface area (Å²) in [4.78, 5) is 9.42. The highest BCUT2D eigenvalue weighted by Gasteiger charge is 2.28. The smallest absolute Gasteiger partial charge is 0.191 e. The fourth-order valence-electron chi connectivity index (χ4n) is 3.17. The first kappa shape index (κ1) is 21.5. The summed E-state index contributed by atoms with van der Waals surface area (Å²) < 4.78 is 5.47. The van der Waals surface area contributed by atoms with Crippen LogP contribution in [0.4, 0.5) is 5.69 Å². The number of morpholine rings is 1. The Morgan fingerprint density at radius 2 is 1.81 bits per heavy atom. The first-order valence-electron chi connectivity index (χ1n) is 10.0. The summed E-state index contributed by atoms with van der Waals surface area (Å²) in [5, 5.41) is 6.82. The van der Waals surface area contributed by atoms with Gasteiger partial charge in [0, 0.05) is 51.5 Å². The average molecular weight is 376 g/mol. The maximum absolute atomic E-state index is 5.47. The molecule has 0 unspecified atom stereocenters. The van der Waals surface area contributed by atoms with E-state index in [0.29, 0.717) is 0 Å². The molecule has 1 fully saturated rings. The molecular weight excluding hydrogens is 338 g/mol. The Bertz CT molecular complexity index is 577. The van der Waals surface area contributed by atoms with Crippen LogP contribution in [0.15, 0.2) is 29.3 Å². The summed E-state index contributed by atoms with van der Waals surface area (Å²) in [5.41, 5.74) is 2.60. The van der Waals surface area contributed by atoms with Gasteiger partial charge in [-0.05, 0) is 44.9 Å². The van der Waals surface area contributed by atoms with Gasteiger partial charge in [-0.15, -0.1) is 0 Å². The van der Waals surface area contributed by atoms with E-state index in [1.54, 1.807) is 0 Å². The molecule has 0 amide bonds. The predicted molar refractivity (Wildman–Crippen MR) is 115 cm³/mol. The summed E-state index contributed by atoms with van der Waals surface area (Å²) in [5.74, 6) is 0.892. The predicted octanol–water partition coefficient (Wildman–Crippen LogP) is 1.96. The second-order valence-corrected chi connectivity index (χ2v) is 7.84. The van der Waals surface area contributed by atoms with Crippen LogP contribution >= 0.6 is 0 Å². The summed E-state index contributed by atoms with van der Waals surface area (Å²) in [6, 6.07) is 8.73. The van der Waals surface area contributed by atoms with Crippen molar-refractivity contribution in [1.82, 2.24) is 15.5 Å². The van der Waals surface area contributed by atoms with Crippen molar-refractivity contribution in [2.75, 3.05) is 64.9 Å². The van der Waals surface area contributed by atoms with Crippen LogP contribution in [0.3, 0.4) is 0 Å². The van der Waals surface area contributed by atoms with Crippen molar-refractivity contribution < 1.29 is 4.74 Å². The van der Waals surface area contributed by atoms with Crippen molar-refractivity contribution in [1.29, 1.82) is 0 Å². The Labute approximate surface area is 165 Å². The monoisotopic (exact) mass is 375 g/mol. The number of nitrogens with one attached hydrogen (secondary N) is 2. The van der Waals surface area contributed by atoms with E-state index in [4.69, 9.17) is 9.73 Å². The van der Waals surface area contributed by atoms with Crippen molar-refractivity contribution in [3.05, 3.63) is 29.8 Å². The van der Waals surface area contributed by atoms with Crippen molar-refractivity contribution >= 4 is 11.6 Å². The highest BCUT2D eigenvalue weighted by atomic mass is 16.5. The lowest BCUT2D eigenvalue weighted by Crippen LogP contribution is -2.52. The van der Waals surface area contributed by atoms with E-state index >= 15 is 0 Å². The molecule has 6 heteroatoms. The number of aliphatic imine (C=N–C) groups is 1. The second kappa shape index (κ2) is 10.5. The van der Waals surface area contributed by atoms with Gasteiger partial charge in [-0.1, -0.05) is 12.1 Å². The van der Waals surface area contributed by atoms with E-state index in [-0.39, 0.29) is 5.54 Å². The van der Waals surface area contributed by atoms with Gasteiger partial charge < -0.3 is 20.3 Å². The third kappa shape index (κ3) is 7.03. The highest BCUT2D eigenvalue weighted by Crippen LogP contribution is 2.16. The Morgan fingerprint density at radius 1 is 1.15 bits per heavy atom. The number of guanidine groups is 1. The molecule has 0 saturated carbocycles. The second-order valence-electron chi connectivity index (χ2n) is 7.84. The highest BCUT2D eigenvalue weighted by molar-refractivity contribution is 5.79. The quantitative estimate of drug-likeness (QED) is 0.537. The SMILES string of the molecule is CCNC(=NCC(C)(C)N1CCOCC1)NCCc1ccc(N(C)C)cc1. The molecule has 1 aromatic carbocycles. The van der Waals surface area contributed by atoms with Crippen LogP contribution in [0.2, 0.25) is 0 Å². The van der Waals surface area contributed by atoms with Gasteiger partial charge in [0.1, 0.15) is 0 Å². The molecule has 0 radical (unpaired) electrons. The zero-order valence-corrected chi connectivity index (χ0v) is 17.7. The number of hydrogen-bond acceptors (Lipinski definition) is 4.